The van der Waals surface area contributed by atoms with Crippen LogP contribution < -0.4 is 0 Å². The molecule has 0 bridgehead atoms. The van der Waals surface area contributed by atoms with Crippen LogP contribution in [0.3, 0.4) is 0 Å². The minimum Gasteiger partial charge on any atom is -0.300 e. The van der Waals surface area contributed by atoms with Crippen LogP contribution in [0.2, 0.25) is 5.02 Å². The molecule has 0 radical (unpaired) electrons. The van der Waals surface area contributed by atoms with Crippen molar-refractivity contribution in [2.24, 2.45) is 0 Å². The third kappa shape index (κ3) is 4.66. The van der Waals surface area contributed by atoms with Gasteiger partial charge in [-0.15, -0.1) is 0 Å². The second kappa shape index (κ2) is 8.85. The number of nitrogens with zero attached hydrogens (tertiary/aromatic N) is 3. The van der Waals surface area contributed by atoms with Crippen molar-refractivity contribution in [1.82, 2.24) is 14.8 Å². The smallest absolute Gasteiger partial charge is 0.300 e. The predicted molar refractivity (Wildman–Crippen MR) is 114 cm³/mol. The van der Waals surface area contributed by atoms with Crippen LogP contribution in [0.1, 0.15) is 42.5 Å². The van der Waals surface area contributed by atoms with Crippen LogP contribution in [0.4, 0.5) is 13.2 Å². The largest absolute Gasteiger partial charge is 0.416 e. The van der Waals surface area contributed by atoms with Crippen molar-refractivity contribution in [3.8, 4) is 11.1 Å². The standard InChI is InChI=1S/C23H27ClF3N3/c1-16-21(15-29-11-7-19(8-12-29)30-9-2-3-10-30)28-14-20(22(16)24)17-5-4-6-18(13-17)23(25,26)27/h4-6,13-14,19H,2-3,7-12,15H2,1H3. The van der Waals surface area contributed by atoms with Gasteiger partial charge in [-0.05, 0) is 69.0 Å². The summed E-state index contributed by atoms with van der Waals surface area (Å²) < 4.78 is 39.2. The van der Waals surface area contributed by atoms with Crippen LogP contribution in [0.15, 0.2) is 30.5 Å². The fraction of sp³-hybridized carbons (Fsp3) is 0.522. The number of hydrogen-bond donors (Lipinski definition) is 0. The van der Waals surface area contributed by atoms with Crippen LogP contribution in [0.5, 0.6) is 0 Å². The van der Waals surface area contributed by atoms with E-state index in [1.54, 1.807) is 12.3 Å². The number of likely N-dealkylation sites (tertiary alicyclic amines) is 2. The van der Waals surface area contributed by atoms with Crippen LogP contribution in [-0.2, 0) is 12.7 Å². The number of aromatic nitrogens is 1. The molecule has 0 atom stereocenters. The number of alkyl halides is 3. The second-order valence-corrected chi connectivity index (χ2v) is 8.76. The molecular formula is C23H27ClF3N3. The molecule has 4 rings (SSSR count). The Balaban J connectivity index is 1.46. The molecule has 2 fully saturated rings. The summed E-state index contributed by atoms with van der Waals surface area (Å²) in [5, 5.41) is 0.478. The molecule has 1 aromatic carbocycles. The van der Waals surface area contributed by atoms with Crippen LogP contribution in [0.25, 0.3) is 11.1 Å². The minimum absolute atomic E-state index is 0.434. The van der Waals surface area contributed by atoms with E-state index in [1.807, 2.05) is 6.92 Å². The van der Waals surface area contributed by atoms with E-state index in [0.29, 0.717) is 22.2 Å². The van der Waals surface area contributed by atoms with E-state index in [9.17, 15) is 13.2 Å². The van der Waals surface area contributed by atoms with Gasteiger partial charge in [-0.2, -0.15) is 13.2 Å². The summed E-state index contributed by atoms with van der Waals surface area (Å²) in [5.74, 6) is 0. The van der Waals surface area contributed by atoms with Gasteiger partial charge >= 0.3 is 6.18 Å². The first-order chi connectivity index (χ1) is 14.3. The maximum atomic E-state index is 13.1. The quantitative estimate of drug-likeness (QED) is 0.603. The molecular weight excluding hydrogens is 411 g/mol. The fourth-order valence-corrected chi connectivity index (χ4v) is 4.88. The molecule has 2 aliphatic rings. The highest BCUT2D eigenvalue weighted by Crippen LogP contribution is 2.36. The highest BCUT2D eigenvalue weighted by Gasteiger charge is 2.31. The lowest BCUT2D eigenvalue weighted by atomic mass is 10.0. The number of rotatable bonds is 4. The molecule has 3 nitrogen and oxygen atoms in total. The van der Waals surface area contributed by atoms with Gasteiger partial charge in [0.25, 0.3) is 0 Å². The second-order valence-electron chi connectivity index (χ2n) is 8.39. The van der Waals surface area contributed by atoms with Gasteiger partial charge in [0.1, 0.15) is 0 Å². The molecule has 3 heterocycles. The molecule has 2 aromatic rings. The van der Waals surface area contributed by atoms with E-state index in [2.05, 4.69) is 14.8 Å². The lowest BCUT2D eigenvalue weighted by Crippen LogP contribution is -2.43. The third-order valence-electron chi connectivity index (χ3n) is 6.44. The molecule has 2 aliphatic heterocycles. The minimum atomic E-state index is -4.38. The zero-order valence-electron chi connectivity index (χ0n) is 17.2. The molecule has 0 unspecified atom stereocenters. The number of hydrogen-bond acceptors (Lipinski definition) is 3. The Hall–Kier alpha value is -1.63. The van der Waals surface area contributed by atoms with Crippen molar-refractivity contribution in [2.75, 3.05) is 26.2 Å². The van der Waals surface area contributed by atoms with Crippen molar-refractivity contribution < 1.29 is 13.2 Å². The van der Waals surface area contributed by atoms with E-state index >= 15 is 0 Å². The van der Waals surface area contributed by atoms with Crippen molar-refractivity contribution in [3.63, 3.8) is 0 Å². The Morgan fingerprint density at radius 3 is 2.47 bits per heavy atom. The van der Waals surface area contributed by atoms with Crippen molar-refractivity contribution >= 4 is 11.6 Å². The van der Waals surface area contributed by atoms with E-state index in [1.165, 1.54) is 44.8 Å². The summed E-state index contributed by atoms with van der Waals surface area (Å²) in [7, 11) is 0. The summed E-state index contributed by atoms with van der Waals surface area (Å²) >= 11 is 6.58. The first kappa shape index (κ1) is 21.6. The highest BCUT2D eigenvalue weighted by molar-refractivity contribution is 6.34. The Morgan fingerprint density at radius 1 is 1.10 bits per heavy atom. The van der Waals surface area contributed by atoms with E-state index in [4.69, 9.17) is 11.6 Å². The number of piperidine rings is 1. The Bertz CT molecular complexity index is 886. The SMILES string of the molecule is Cc1c(CN2CCC(N3CCCC3)CC2)ncc(-c2cccc(C(F)(F)F)c2)c1Cl. The van der Waals surface area contributed by atoms with E-state index in [-0.39, 0.29) is 0 Å². The molecule has 7 heteroatoms. The van der Waals surface area contributed by atoms with E-state index in [0.717, 1.165) is 43.0 Å². The summed E-state index contributed by atoms with van der Waals surface area (Å²) in [6, 6.07) is 5.94. The highest BCUT2D eigenvalue weighted by atomic mass is 35.5. The Morgan fingerprint density at radius 2 is 1.80 bits per heavy atom. The number of pyridine rings is 1. The van der Waals surface area contributed by atoms with E-state index < -0.39 is 11.7 Å². The number of halogens is 4. The fourth-order valence-electron chi connectivity index (χ4n) is 4.61. The van der Waals surface area contributed by atoms with Crippen molar-refractivity contribution in [3.05, 3.63) is 52.3 Å². The molecule has 0 aliphatic carbocycles. The van der Waals surface area contributed by atoms with Crippen molar-refractivity contribution in [1.29, 1.82) is 0 Å². The maximum absolute atomic E-state index is 13.1. The zero-order valence-corrected chi connectivity index (χ0v) is 17.9. The zero-order chi connectivity index (χ0) is 21.3. The topological polar surface area (TPSA) is 19.4 Å². The molecule has 162 valence electrons. The van der Waals surface area contributed by atoms with Gasteiger partial charge in [0, 0.05) is 37.4 Å². The molecule has 2 saturated heterocycles. The average Bonchev–Trinajstić information content (AvgIpc) is 3.26. The van der Waals surface area contributed by atoms with Gasteiger partial charge in [-0.25, -0.2) is 0 Å². The lowest BCUT2D eigenvalue weighted by molar-refractivity contribution is -0.137. The number of benzene rings is 1. The average molecular weight is 438 g/mol. The van der Waals surface area contributed by atoms with Gasteiger partial charge in [-0.3, -0.25) is 9.88 Å². The lowest BCUT2D eigenvalue weighted by Gasteiger charge is -2.36. The van der Waals surface area contributed by atoms with Gasteiger partial charge < -0.3 is 4.90 Å². The summed E-state index contributed by atoms with van der Waals surface area (Å²) in [4.78, 5) is 9.61. The third-order valence-corrected chi connectivity index (χ3v) is 6.92. The molecule has 0 amide bonds. The monoisotopic (exact) mass is 437 g/mol. The van der Waals surface area contributed by atoms with Crippen LogP contribution in [0, 0.1) is 6.92 Å². The normalized spacial score (nSPS) is 19.5. The van der Waals surface area contributed by atoms with Crippen LogP contribution in [-0.4, -0.2) is 47.0 Å². The molecule has 1 aromatic heterocycles. The van der Waals surface area contributed by atoms with Gasteiger partial charge in [0.05, 0.1) is 16.3 Å². The summed E-state index contributed by atoms with van der Waals surface area (Å²) in [5.41, 5.74) is 2.03. The maximum Gasteiger partial charge on any atom is 0.416 e. The van der Waals surface area contributed by atoms with Gasteiger partial charge in [0.15, 0.2) is 0 Å². The summed E-state index contributed by atoms with van der Waals surface area (Å²) in [6.07, 6.45) is 2.22. The van der Waals surface area contributed by atoms with Crippen molar-refractivity contribution in [2.45, 2.75) is 51.4 Å². The first-order valence-corrected chi connectivity index (χ1v) is 11.0. The van der Waals surface area contributed by atoms with Gasteiger partial charge in [0.2, 0.25) is 0 Å². The molecule has 0 saturated carbocycles. The van der Waals surface area contributed by atoms with Gasteiger partial charge in [-0.1, -0.05) is 23.7 Å². The molecule has 30 heavy (non-hydrogen) atoms. The molecule has 0 N–H and O–H groups in total. The Kier molecular flexibility index (Phi) is 6.37. The predicted octanol–water partition coefficient (Wildman–Crippen LogP) is 5.79. The molecule has 0 spiro atoms. The van der Waals surface area contributed by atoms with Crippen LogP contribution >= 0.6 is 11.6 Å². The summed E-state index contributed by atoms with van der Waals surface area (Å²) in [6.45, 7) is 7.17. The first-order valence-electron chi connectivity index (χ1n) is 10.6. The Labute approximate surface area is 180 Å².